The van der Waals surface area contributed by atoms with E-state index in [0.717, 1.165) is 5.69 Å². The number of nitriles is 1. The SMILES string of the molecule is COc1cc(OC)cc(C(=O)C(C#N)c2nc(C)cs2)c1. The number of aromatic nitrogens is 1. The van der Waals surface area contributed by atoms with Crippen molar-refractivity contribution in [2.45, 2.75) is 12.8 Å². The van der Waals surface area contributed by atoms with E-state index < -0.39 is 5.92 Å². The molecule has 1 unspecified atom stereocenters. The van der Waals surface area contributed by atoms with Crippen LogP contribution in [0.1, 0.15) is 27.0 Å². The van der Waals surface area contributed by atoms with Crippen LogP contribution in [0.15, 0.2) is 23.6 Å². The average molecular weight is 302 g/mol. The van der Waals surface area contributed by atoms with E-state index in [0.29, 0.717) is 22.1 Å². The molecule has 1 heterocycles. The summed E-state index contributed by atoms with van der Waals surface area (Å²) in [6.07, 6.45) is 0. The molecule has 0 fully saturated rings. The predicted molar refractivity (Wildman–Crippen MR) is 79.1 cm³/mol. The number of rotatable bonds is 5. The number of Topliss-reactive ketones (excluding diaryl/α,β-unsaturated/α-hetero) is 1. The van der Waals surface area contributed by atoms with Crippen molar-refractivity contribution in [1.82, 2.24) is 4.98 Å². The van der Waals surface area contributed by atoms with Crippen molar-refractivity contribution < 1.29 is 14.3 Å². The lowest BCUT2D eigenvalue weighted by Crippen LogP contribution is -2.11. The fraction of sp³-hybridized carbons (Fsp3) is 0.267. The van der Waals surface area contributed by atoms with Gasteiger partial charge in [0.2, 0.25) is 0 Å². The van der Waals surface area contributed by atoms with Crippen LogP contribution in [0.3, 0.4) is 0 Å². The van der Waals surface area contributed by atoms with Crippen LogP contribution in [0.2, 0.25) is 0 Å². The van der Waals surface area contributed by atoms with Gasteiger partial charge in [-0.05, 0) is 19.1 Å². The Morgan fingerprint density at radius 2 is 1.90 bits per heavy atom. The van der Waals surface area contributed by atoms with E-state index >= 15 is 0 Å². The van der Waals surface area contributed by atoms with Gasteiger partial charge < -0.3 is 9.47 Å². The van der Waals surface area contributed by atoms with Gasteiger partial charge in [-0.3, -0.25) is 4.79 Å². The number of nitrogens with zero attached hydrogens (tertiary/aromatic N) is 2. The Kier molecular flexibility index (Phi) is 4.55. The molecule has 1 aromatic heterocycles. The van der Waals surface area contributed by atoms with E-state index in [2.05, 4.69) is 4.98 Å². The molecule has 0 aliphatic carbocycles. The normalized spacial score (nSPS) is 11.5. The largest absolute Gasteiger partial charge is 0.497 e. The first-order valence-electron chi connectivity index (χ1n) is 6.18. The van der Waals surface area contributed by atoms with Crippen molar-refractivity contribution in [2.75, 3.05) is 14.2 Å². The molecule has 0 N–H and O–H groups in total. The van der Waals surface area contributed by atoms with Crippen LogP contribution in [-0.2, 0) is 0 Å². The lowest BCUT2D eigenvalue weighted by atomic mass is 9.99. The van der Waals surface area contributed by atoms with Crippen LogP contribution in [0.25, 0.3) is 0 Å². The van der Waals surface area contributed by atoms with Gasteiger partial charge in [-0.25, -0.2) is 4.98 Å². The topological polar surface area (TPSA) is 72.2 Å². The highest BCUT2D eigenvalue weighted by atomic mass is 32.1. The minimum absolute atomic E-state index is 0.316. The second-order valence-corrected chi connectivity index (χ2v) is 5.24. The summed E-state index contributed by atoms with van der Waals surface area (Å²) in [6.45, 7) is 1.83. The summed E-state index contributed by atoms with van der Waals surface area (Å²) in [6, 6.07) is 6.88. The van der Waals surface area contributed by atoms with Crippen LogP contribution in [0, 0.1) is 18.3 Å². The van der Waals surface area contributed by atoms with Crippen molar-refractivity contribution >= 4 is 17.1 Å². The minimum Gasteiger partial charge on any atom is -0.497 e. The number of hydrogen-bond acceptors (Lipinski definition) is 6. The van der Waals surface area contributed by atoms with Crippen LogP contribution in [-0.4, -0.2) is 25.0 Å². The highest BCUT2D eigenvalue weighted by Gasteiger charge is 2.25. The third kappa shape index (κ3) is 3.20. The molecule has 5 nitrogen and oxygen atoms in total. The number of ether oxygens (including phenoxy) is 2. The van der Waals surface area contributed by atoms with Gasteiger partial charge in [-0.2, -0.15) is 5.26 Å². The number of carbonyl (C=O) groups excluding carboxylic acids is 1. The van der Waals surface area contributed by atoms with Gasteiger partial charge in [0, 0.05) is 22.7 Å². The van der Waals surface area contributed by atoms with E-state index in [-0.39, 0.29) is 5.78 Å². The molecule has 0 saturated carbocycles. The smallest absolute Gasteiger partial charge is 0.187 e. The quantitative estimate of drug-likeness (QED) is 0.794. The highest BCUT2D eigenvalue weighted by molar-refractivity contribution is 7.10. The van der Waals surface area contributed by atoms with Crippen molar-refractivity contribution in [1.29, 1.82) is 5.26 Å². The second-order valence-electron chi connectivity index (χ2n) is 4.35. The maximum Gasteiger partial charge on any atom is 0.187 e. The second kappa shape index (κ2) is 6.37. The molecular formula is C15H14N2O3S. The van der Waals surface area contributed by atoms with Crippen LogP contribution >= 0.6 is 11.3 Å². The van der Waals surface area contributed by atoms with Gasteiger partial charge in [-0.1, -0.05) is 0 Å². The molecule has 6 heteroatoms. The maximum absolute atomic E-state index is 12.6. The van der Waals surface area contributed by atoms with E-state index in [4.69, 9.17) is 9.47 Å². The number of thiazole rings is 1. The Labute approximate surface area is 126 Å². The van der Waals surface area contributed by atoms with E-state index in [9.17, 15) is 10.1 Å². The Morgan fingerprint density at radius 3 is 2.33 bits per heavy atom. The fourth-order valence-corrected chi connectivity index (χ4v) is 2.68. The summed E-state index contributed by atoms with van der Waals surface area (Å²) in [7, 11) is 3.02. The third-order valence-corrected chi connectivity index (χ3v) is 3.94. The Bertz CT molecular complexity index is 681. The zero-order valence-electron chi connectivity index (χ0n) is 11.9. The van der Waals surface area contributed by atoms with Gasteiger partial charge in [0.05, 0.1) is 20.3 Å². The number of aryl methyl sites for hydroxylation is 1. The zero-order valence-corrected chi connectivity index (χ0v) is 12.7. The van der Waals surface area contributed by atoms with Crippen molar-refractivity contribution in [3.05, 3.63) is 39.8 Å². The van der Waals surface area contributed by atoms with Gasteiger partial charge in [0.15, 0.2) is 11.7 Å². The first-order valence-corrected chi connectivity index (χ1v) is 7.06. The molecule has 0 saturated heterocycles. The number of benzene rings is 1. The summed E-state index contributed by atoms with van der Waals surface area (Å²) in [5, 5.41) is 11.6. The molecule has 2 aromatic rings. The van der Waals surface area contributed by atoms with Crippen LogP contribution in [0.5, 0.6) is 11.5 Å². The first kappa shape index (κ1) is 15.0. The van der Waals surface area contributed by atoms with E-state index in [1.54, 1.807) is 18.2 Å². The van der Waals surface area contributed by atoms with E-state index in [1.165, 1.54) is 25.6 Å². The lowest BCUT2D eigenvalue weighted by molar-refractivity contribution is 0.0978. The molecule has 108 valence electrons. The van der Waals surface area contributed by atoms with Crippen molar-refractivity contribution in [3.8, 4) is 17.6 Å². The standard InChI is InChI=1S/C15H14N2O3S/c1-9-8-21-15(17-9)13(7-16)14(18)10-4-11(19-2)6-12(5-10)20-3/h4-6,8,13H,1-3H3. The van der Waals surface area contributed by atoms with Gasteiger partial charge in [0.25, 0.3) is 0 Å². The molecule has 2 rings (SSSR count). The Hall–Kier alpha value is -2.39. The molecule has 1 atom stereocenters. The van der Waals surface area contributed by atoms with Gasteiger partial charge >= 0.3 is 0 Å². The summed E-state index contributed by atoms with van der Waals surface area (Å²) < 4.78 is 10.3. The number of ketones is 1. The van der Waals surface area contributed by atoms with Gasteiger partial charge in [0.1, 0.15) is 16.5 Å². The van der Waals surface area contributed by atoms with E-state index in [1.807, 2.05) is 18.4 Å². The molecule has 0 radical (unpaired) electrons. The average Bonchev–Trinajstić information content (AvgIpc) is 2.93. The van der Waals surface area contributed by atoms with Crippen LogP contribution < -0.4 is 9.47 Å². The first-order chi connectivity index (χ1) is 10.1. The van der Waals surface area contributed by atoms with Gasteiger partial charge in [-0.15, -0.1) is 11.3 Å². The zero-order chi connectivity index (χ0) is 15.4. The predicted octanol–water partition coefficient (Wildman–Crippen LogP) is 2.96. The molecule has 21 heavy (non-hydrogen) atoms. The fourth-order valence-electron chi connectivity index (χ4n) is 1.85. The number of methoxy groups -OCH3 is 2. The summed E-state index contributed by atoms with van der Waals surface area (Å²) in [4.78, 5) is 16.8. The lowest BCUT2D eigenvalue weighted by Gasteiger charge is -2.09. The highest BCUT2D eigenvalue weighted by Crippen LogP contribution is 2.28. The molecule has 0 amide bonds. The molecule has 0 bridgehead atoms. The third-order valence-electron chi connectivity index (χ3n) is 2.91. The van der Waals surface area contributed by atoms with Crippen molar-refractivity contribution in [2.24, 2.45) is 0 Å². The summed E-state index contributed by atoms with van der Waals surface area (Å²) in [5.74, 6) is -0.223. The van der Waals surface area contributed by atoms with Crippen LogP contribution in [0.4, 0.5) is 0 Å². The molecular weight excluding hydrogens is 288 g/mol. The molecule has 0 aliphatic rings. The Balaban J connectivity index is 2.40. The number of carbonyl (C=O) groups is 1. The summed E-state index contributed by atoms with van der Waals surface area (Å²) in [5.41, 5.74) is 1.16. The van der Waals surface area contributed by atoms with Crippen molar-refractivity contribution in [3.63, 3.8) is 0 Å². The molecule has 0 aliphatic heterocycles. The molecule has 1 aromatic carbocycles. The summed E-state index contributed by atoms with van der Waals surface area (Å²) >= 11 is 1.31. The monoisotopic (exact) mass is 302 g/mol. The molecule has 0 spiro atoms. The maximum atomic E-state index is 12.6. The Morgan fingerprint density at radius 1 is 1.29 bits per heavy atom. The number of hydrogen-bond donors (Lipinski definition) is 0. The minimum atomic E-state index is -0.916.